The molecule has 0 saturated carbocycles. The number of nitrogens with zero attached hydrogens (tertiary/aromatic N) is 2. The van der Waals surface area contributed by atoms with Crippen LogP contribution in [0.3, 0.4) is 0 Å². The smallest absolute Gasteiger partial charge is 0.255 e. The van der Waals surface area contributed by atoms with Crippen LogP contribution in [0.5, 0.6) is 0 Å². The van der Waals surface area contributed by atoms with Gasteiger partial charge < -0.3 is 14.8 Å². The molecule has 5 rings (SSSR count). The number of aromatic amines is 1. The molecule has 5 heteroatoms. The number of carbonyl (C=O) groups is 2. The number of likely N-dealkylation sites (tertiary alicyclic amines) is 1. The summed E-state index contributed by atoms with van der Waals surface area (Å²) in [5.41, 5.74) is 4.85. The summed E-state index contributed by atoms with van der Waals surface area (Å²) in [6.45, 7) is 8.10. The van der Waals surface area contributed by atoms with Gasteiger partial charge in [0.1, 0.15) is 6.54 Å². The minimum Gasteiger partial charge on any atom is -0.358 e. The summed E-state index contributed by atoms with van der Waals surface area (Å²) in [7, 11) is 0. The van der Waals surface area contributed by atoms with E-state index in [2.05, 4.69) is 37.9 Å². The lowest BCUT2D eigenvalue weighted by Gasteiger charge is -2.36. The Morgan fingerprint density at radius 1 is 1.03 bits per heavy atom. The minimum absolute atomic E-state index is 0.0436. The molecule has 3 aromatic rings. The highest BCUT2D eigenvalue weighted by Gasteiger charge is 2.41. The van der Waals surface area contributed by atoms with Gasteiger partial charge in [0.15, 0.2) is 0 Å². The van der Waals surface area contributed by atoms with E-state index < -0.39 is 0 Å². The highest BCUT2D eigenvalue weighted by molar-refractivity contribution is 6.02. The third-order valence-electron chi connectivity index (χ3n) is 6.80. The molecule has 2 amide bonds. The summed E-state index contributed by atoms with van der Waals surface area (Å²) in [5.74, 6) is 0.968. The van der Waals surface area contributed by atoms with E-state index in [1.54, 1.807) is 4.90 Å². The van der Waals surface area contributed by atoms with E-state index in [0.717, 1.165) is 47.2 Å². The predicted octanol–water partition coefficient (Wildman–Crippen LogP) is 4.53. The molecule has 1 aromatic heterocycles. The summed E-state index contributed by atoms with van der Waals surface area (Å²) >= 11 is 0. The van der Waals surface area contributed by atoms with E-state index in [1.807, 2.05) is 41.3 Å². The van der Waals surface area contributed by atoms with Gasteiger partial charge in [-0.25, -0.2) is 0 Å². The molecule has 1 saturated heterocycles. The van der Waals surface area contributed by atoms with Gasteiger partial charge >= 0.3 is 0 Å². The molecule has 160 valence electrons. The number of aryl methyl sites for hydroxylation is 1. The minimum atomic E-state index is -0.261. The number of H-pyrrole nitrogens is 1. The van der Waals surface area contributed by atoms with Gasteiger partial charge in [-0.1, -0.05) is 50.2 Å². The molecule has 0 radical (unpaired) electrons. The van der Waals surface area contributed by atoms with E-state index in [9.17, 15) is 9.59 Å². The van der Waals surface area contributed by atoms with E-state index in [1.165, 1.54) is 0 Å². The van der Waals surface area contributed by atoms with Gasteiger partial charge in [0.05, 0.1) is 6.04 Å². The molecule has 0 spiro atoms. The molecule has 3 heterocycles. The molecule has 1 fully saturated rings. The maximum Gasteiger partial charge on any atom is 0.255 e. The largest absolute Gasteiger partial charge is 0.358 e. The van der Waals surface area contributed by atoms with Crippen molar-refractivity contribution < 1.29 is 9.59 Å². The fraction of sp³-hybridized carbons (Fsp3) is 0.385. The number of amides is 2. The van der Waals surface area contributed by atoms with E-state index in [-0.39, 0.29) is 24.4 Å². The molecule has 0 unspecified atom stereocenters. The topological polar surface area (TPSA) is 56.4 Å². The molecule has 3 atom stereocenters. The first kappa shape index (κ1) is 19.9. The van der Waals surface area contributed by atoms with Crippen molar-refractivity contribution >= 4 is 22.7 Å². The van der Waals surface area contributed by atoms with Crippen molar-refractivity contribution in [2.75, 3.05) is 19.6 Å². The van der Waals surface area contributed by atoms with Crippen LogP contribution in [0.1, 0.15) is 53.5 Å². The van der Waals surface area contributed by atoms with Crippen molar-refractivity contribution in [3.8, 4) is 0 Å². The molecule has 0 aliphatic carbocycles. The molecular formula is C26H29N3O2. The number of fused-ring (bicyclic) bond motifs is 2. The average molecular weight is 416 g/mol. The second-order valence-electron chi connectivity index (χ2n) is 9.38. The zero-order chi connectivity index (χ0) is 21.7. The van der Waals surface area contributed by atoms with Gasteiger partial charge in [0, 0.05) is 40.8 Å². The lowest BCUT2D eigenvalue weighted by molar-refractivity contribution is -0.134. The standard InChI is InChI=1S/C26H29N3O2/c1-16-12-17(2)14-28(13-16)23(30)15-29-25(19-8-4-5-9-20(19)26(29)31)24-18(3)27-22-11-7-6-10-21(22)24/h4-11,16-17,25,27H,12-15H2,1-3H3/t16-,17-,25-/m0/s1. The fourth-order valence-corrected chi connectivity index (χ4v) is 5.61. The quantitative estimate of drug-likeness (QED) is 0.683. The van der Waals surface area contributed by atoms with Crippen LogP contribution in [0, 0.1) is 18.8 Å². The normalized spacial score (nSPS) is 23.5. The van der Waals surface area contributed by atoms with Crippen molar-refractivity contribution in [2.24, 2.45) is 11.8 Å². The Morgan fingerprint density at radius 2 is 1.71 bits per heavy atom. The number of para-hydroxylation sites is 1. The van der Waals surface area contributed by atoms with Crippen LogP contribution < -0.4 is 0 Å². The van der Waals surface area contributed by atoms with Gasteiger partial charge in [-0.15, -0.1) is 0 Å². The van der Waals surface area contributed by atoms with Crippen molar-refractivity contribution in [3.05, 3.63) is 70.9 Å². The number of rotatable bonds is 3. The lowest BCUT2D eigenvalue weighted by atomic mass is 9.92. The van der Waals surface area contributed by atoms with E-state index >= 15 is 0 Å². The summed E-state index contributed by atoms with van der Waals surface area (Å²) < 4.78 is 0. The fourth-order valence-electron chi connectivity index (χ4n) is 5.61. The third-order valence-corrected chi connectivity index (χ3v) is 6.80. The second-order valence-corrected chi connectivity index (χ2v) is 9.38. The summed E-state index contributed by atoms with van der Waals surface area (Å²) in [6, 6.07) is 15.7. The van der Waals surface area contributed by atoms with Crippen molar-refractivity contribution in [1.29, 1.82) is 0 Å². The first-order valence-corrected chi connectivity index (χ1v) is 11.2. The Bertz CT molecular complexity index is 1150. The molecule has 2 aliphatic rings. The van der Waals surface area contributed by atoms with E-state index in [4.69, 9.17) is 0 Å². The summed E-state index contributed by atoms with van der Waals surface area (Å²) in [5, 5.41) is 1.10. The van der Waals surface area contributed by atoms with E-state index in [0.29, 0.717) is 17.4 Å². The van der Waals surface area contributed by atoms with Crippen molar-refractivity contribution in [1.82, 2.24) is 14.8 Å². The average Bonchev–Trinajstić information content (AvgIpc) is 3.21. The Balaban J connectivity index is 1.55. The van der Waals surface area contributed by atoms with Gasteiger partial charge in [-0.3, -0.25) is 9.59 Å². The molecule has 0 bridgehead atoms. The van der Waals surface area contributed by atoms with Gasteiger partial charge in [0.25, 0.3) is 5.91 Å². The van der Waals surface area contributed by atoms with Crippen molar-refractivity contribution in [2.45, 2.75) is 33.2 Å². The van der Waals surface area contributed by atoms with Crippen molar-refractivity contribution in [3.63, 3.8) is 0 Å². The second kappa shape index (κ2) is 7.56. The Hall–Kier alpha value is -3.08. The number of hydrogen-bond donors (Lipinski definition) is 1. The lowest BCUT2D eigenvalue weighted by Crippen LogP contribution is -2.47. The predicted molar refractivity (Wildman–Crippen MR) is 122 cm³/mol. The van der Waals surface area contributed by atoms with Gasteiger partial charge in [-0.2, -0.15) is 0 Å². The molecule has 5 nitrogen and oxygen atoms in total. The SMILES string of the molecule is Cc1[nH]c2ccccc2c1[C@@H]1c2ccccc2C(=O)N1CC(=O)N1C[C@@H](C)C[C@H](C)C1. The molecule has 1 N–H and O–H groups in total. The number of carbonyl (C=O) groups excluding carboxylic acids is 2. The molecule has 31 heavy (non-hydrogen) atoms. The summed E-state index contributed by atoms with van der Waals surface area (Å²) in [4.78, 5) is 34.0. The number of nitrogens with one attached hydrogen (secondary N) is 1. The Labute approximate surface area is 183 Å². The number of aromatic nitrogens is 1. The molecule has 2 aliphatic heterocycles. The van der Waals surface area contributed by atoms with Crippen LogP contribution in [-0.2, 0) is 4.79 Å². The van der Waals surface area contributed by atoms with Crippen LogP contribution in [0.2, 0.25) is 0 Å². The molecule has 2 aromatic carbocycles. The summed E-state index contributed by atoms with van der Waals surface area (Å²) in [6.07, 6.45) is 1.15. The van der Waals surface area contributed by atoms with Gasteiger partial charge in [-0.05, 0) is 42.9 Å². The molecular weight excluding hydrogens is 386 g/mol. The first-order chi connectivity index (χ1) is 14.9. The third kappa shape index (κ3) is 3.32. The Kier molecular flexibility index (Phi) is 4.84. The van der Waals surface area contributed by atoms with Crippen LogP contribution in [-0.4, -0.2) is 46.2 Å². The Morgan fingerprint density at radius 3 is 2.48 bits per heavy atom. The van der Waals surface area contributed by atoms with Crippen LogP contribution in [0.4, 0.5) is 0 Å². The zero-order valence-corrected chi connectivity index (χ0v) is 18.4. The van der Waals surface area contributed by atoms with Crippen LogP contribution in [0.15, 0.2) is 48.5 Å². The number of hydrogen-bond acceptors (Lipinski definition) is 2. The van der Waals surface area contributed by atoms with Crippen LogP contribution in [0.25, 0.3) is 10.9 Å². The highest BCUT2D eigenvalue weighted by atomic mass is 16.2. The maximum atomic E-state index is 13.4. The monoisotopic (exact) mass is 415 g/mol. The maximum absolute atomic E-state index is 13.4. The van der Waals surface area contributed by atoms with Crippen LogP contribution >= 0.6 is 0 Å². The van der Waals surface area contributed by atoms with Gasteiger partial charge in [0.2, 0.25) is 5.91 Å². The number of benzene rings is 2. The zero-order valence-electron chi connectivity index (χ0n) is 18.4. The first-order valence-electron chi connectivity index (χ1n) is 11.2. The highest BCUT2D eigenvalue weighted by Crippen LogP contribution is 2.42. The number of piperidine rings is 1.